The number of hydrogen-bond donors (Lipinski definition) is 1. The van der Waals surface area contributed by atoms with Crippen molar-refractivity contribution in [3.63, 3.8) is 0 Å². The number of aromatic amines is 1. The van der Waals surface area contributed by atoms with Crippen molar-refractivity contribution in [2.75, 3.05) is 10.8 Å². The minimum absolute atomic E-state index is 0. The Labute approximate surface area is 93.8 Å². The van der Waals surface area contributed by atoms with Crippen LogP contribution in [0.3, 0.4) is 0 Å². The second kappa shape index (κ2) is 6.26. The largest absolute Gasteiger partial charge is 0.375 e. The van der Waals surface area contributed by atoms with E-state index in [0.29, 0.717) is 0 Å². The topological polar surface area (TPSA) is 26.2 Å². The van der Waals surface area contributed by atoms with Crippen molar-refractivity contribution in [1.29, 1.82) is 0 Å². The summed E-state index contributed by atoms with van der Waals surface area (Å²) < 4.78 is 0. The molecule has 2 nitrogen and oxygen atoms in total. The first-order chi connectivity index (χ1) is 4.43. The maximum absolute atomic E-state index is 3.26. The van der Waals surface area contributed by atoms with Gasteiger partial charge < -0.3 is 5.32 Å². The fraction of sp³-hybridized carbons (Fsp3) is 0.167. The third-order valence-corrected chi connectivity index (χ3v) is 1.27. The molecular formula is C6H8BrN2Y+. The molecule has 1 radical (unpaired) electrons. The Hall–Kier alpha value is 0.534. The Kier molecular flexibility index (Phi) is 6.59. The molecule has 0 amide bonds. The van der Waals surface area contributed by atoms with Gasteiger partial charge in [-0.1, -0.05) is 15.9 Å². The molecule has 0 fully saturated rings. The first kappa shape index (κ1) is 10.5. The first-order valence-electron chi connectivity index (χ1n) is 2.69. The average molecular weight is 277 g/mol. The molecule has 2 N–H and O–H groups in total. The van der Waals surface area contributed by atoms with E-state index in [1.807, 2.05) is 24.5 Å². The summed E-state index contributed by atoms with van der Waals surface area (Å²) in [7, 11) is 0. The van der Waals surface area contributed by atoms with E-state index < -0.39 is 0 Å². The summed E-state index contributed by atoms with van der Waals surface area (Å²) >= 11 is 3.26. The molecule has 4 heteroatoms. The molecule has 1 heterocycles. The van der Waals surface area contributed by atoms with Crippen LogP contribution in [0.25, 0.3) is 0 Å². The molecule has 1 aromatic heterocycles. The van der Waals surface area contributed by atoms with E-state index in [9.17, 15) is 0 Å². The first-order valence-corrected chi connectivity index (χ1v) is 3.81. The standard InChI is InChI=1S/C6H7BrN2.Y/c7-5-9-6-1-3-8-4-2-6;/h1-4H,5H2,(H,8,9);/p+1. The summed E-state index contributed by atoms with van der Waals surface area (Å²) in [6, 6.07) is 3.95. The van der Waals surface area contributed by atoms with Crippen molar-refractivity contribution in [1.82, 2.24) is 0 Å². The number of alkyl halides is 1. The van der Waals surface area contributed by atoms with Crippen LogP contribution in [0.2, 0.25) is 0 Å². The number of H-pyrrole nitrogens is 1. The van der Waals surface area contributed by atoms with Crippen LogP contribution in [0.4, 0.5) is 5.69 Å². The number of halogens is 1. The molecule has 1 rings (SSSR count). The molecule has 0 aliphatic carbocycles. The molecule has 0 saturated heterocycles. The van der Waals surface area contributed by atoms with Gasteiger partial charge >= 0.3 is 0 Å². The van der Waals surface area contributed by atoms with Crippen LogP contribution < -0.4 is 10.3 Å². The van der Waals surface area contributed by atoms with Crippen LogP contribution >= 0.6 is 15.9 Å². The molecule has 51 valence electrons. The fourth-order valence-corrected chi connectivity index (χ4v) is 0.906. The van der Waals surface area contributed by atoms with Crippen molar-refractivity contribution >= 4 is 21.6 Å². The van der Waals surface area contributed by atoms with Crippen molar-refractivity contribution < 1.29 is 37.7 Å². The monoisotopic (exact) mass is 276 g/mol. The van der Waals surface area contributed by atoms with Crippen LogP contribution in [0, 0.1) is 0 Å². The molecule has 0 aliphatic rings. The van der Waals surface area contributed by atoms with E-state index in [1.54, 1.807) is 0 Å². The number of nitrogens with one attached hydrogen (secondary N) is 2. The Bertz CT molecular complexity index is 169. The maximum Gasteiger partial charge on any atom is 0.169 e. The zero-order valence-electron chi connectivity index (χ0n) is 5.47. The van der Waals surface area contributed by atoms with E-state index in [-0.39, 0.29) is 32.7 Å². The predicted octanol–water partition coefficient (Wildman–Crippen LogP) is 1.26. The van der Waals surface area contributed by atoms with Crippen LogP contribution in [0.1, 0.15) is 0 Å². The number of anilines is 1. The molecule has 0 unspecified atom stereocenters. The van der Waals surface area contributed by atoms with E-state index >= 15 is 0 Å². The van der Waals surface area contributed by atoms with Gasteiger partial charge in [-0.05, 0) is 0 Å². The summed E-state index contributed by atoms with van der Waals surface area (Å²) in [5, 5.41) is 3.10. The van der Waals surface area contributed by atoms with Crippen molar-refractivity contribution in [3.05, 3.63) is 24.5 Å². The molecule has 0 spiro atoms. The van der Waals surface area contributed by atoms with Crippen LogP contribution in [-0.2, 0) is 32.7 Å². The second-order valence-corrected chi connectivity index (χ2v) is 2.16. The van der Waals surface area contributed by atoms with Gasteiger partial charge in [-0.3, -0.25) is 0 Å². The Morgan fingerprint density at radius 3 is 2.50 bits per heavy atom. The number of aromatic nitrogens is 1. The van der Waals surface area contributed by atoms with Crippen molar-refractivity contribution in [2.24, 2.45) is 0 Å². The van der Waals surface area contributed by atoms with E-state index in [4.69, 9.17) is 0 Å². The number of pyridine rings is 1. The molecular weight excluding hydrogens is 269 g/mol. The summed E-state index contributed by atoms with van der Waals surface area (Å²) in [6.45, 7) is 0. The normalized spacial score (nSPS) is 8.10. The van der Waals surface area contributed by atoms with Gasteiger partial charge in [0.05, 0.1) is 5.45 Å². The molecule has 1 aromatic rings. The Balaban J connectivity index is 0.000000810. The van der Waals surface area contributed by atoms with E-state index in [1.165, 1.54) is 0 Å². The van der Waals surface area contributed by atoms with Crippen LogP contribution in [0.5, 0.6) is 0 Å². The SMILES string of the molecule is BrCNc1cc[nH+]cc1.[Y]. The molecule has 10 heavy (non-hydrogen) atoms. The summed E-state index contributed by atoms with van der Waals surface area (Å²) in [5.74, 6) is 0. The molecule has 0 aromatic carbocycles. The minimum atomic E-state index is 0. The molecule has 0 saturated carbocycles. The molecule has 0 atom stereocenters. The van der Waals surface area contributed by atoms with Gasteiger partial charge in [0.1, 0.15) is 0 Å². The zero-order valence-corrected chi connectivity index (χ0v) is 9.90. The second-order valence-electron chi connectivity index (χ2n) is 1.60. The molecule has 0 aliphatic heterocycles. The van der Waals surface area contributed by atoms with Gasteiger partial charge in [0, 0.05) is 50.5 Å². The average Bonchev–Trinajstić information content (AvgIpc) is 1.91. The summed E-state index contributed by atoms with van der Waals surface area (Å²) in [6.07, 6.45) is 3.76. The van der Waals surface area contributed by atoms with Gasteiger partial charge in [0.15, 0.2) is 12.4 Å². The van der Waals surface area contributed by atoms with Crippen LogP contribution in [-0.4, -0.2) is 5.45 Å². The third kappa shape index (κ3) is 3.64. The summed E-state index contributed by atoms with van der Waals surface area (Å²) in [4.78, 5) is 2.94. The fourth-order valence-electron chi connectivity index (χ4n) is 0.582. The van der Waals surface area contributed by atoms with Crippen molar-refractivity contribution in [3.8, 4) is 0 Å². The van der Waals surface area contributed by atoms with Gasteiger partial charge in [0.25, 0.3) is 0 Å². The van der Waals surface area contributed by atoms with Gasteiger partial charge in [-0.2, -0.15) is 0 Å². The Morgan fingerprint density at radius 1 is 1.40 bits per heavy atom. The third-order valence-electron chi connectivity index (χ3n) is 0.989. The van der Waals surface area contributed by atoms with E-state index in [2.05, 4.69) is 26.2 Å². The molecule has 0 bridgehead atoms. The van der Waals surface area contributed by atoms with E-state index in [0.717, 1.165) is 11.1 Å². The van der Waals surface area contributed by atoms with Gasteiger partial charge in [0.2, 0.25) is 0 Å². The quantitative estimate of drug-likeness (QED) is 0.639. The predicted molar refractivity (Wildman–Crippen MR) is 40.4 cm³/mol. The minimum Gasteiger partial charge on any atom is -0.375 e. The zero-order chi connectivity index (χ0) is 6.53. The van der Waals surface area contributed by atoms with Crippen molar-refractivity contribution in [2.45, 2.75) is 0 Å². The van der Waals surface area contributed by atoms with Crippen LogP contribution in [0.15, 0.2) is 24.5 Å². The van der Waals surface area contributed by atoms with Gasteiger partial charge in [-0.25, -0.2) is 4.98 Å². The summed E-state index contributed by atoms with van der Waals surface area (Å²) in [5.41, 5.74) is 1.91. The Morgan fingerprint density at radius 2 is 2.00 bits per heavy atom. The smallest absolute Gasteiger partial charge is 0.169 e. The number of hydrogen-bond acceptors (Lipinski definition) is 1. The maximum atomic E-state index is 3.26. The number of rotatable bonds is 2. The van der Waals surface area contributed by atoms with Gasteiger partial charge in [-0.15, -0.1) is 0 Å².